The zero-order chi connectivity index (χ0) is 11.0. The van der Waals surface area contributed by atoms with E-state index in [0.29, 0.717) is 6.04 Å². The molecule has 14 heavy (non-hydrogen) atoms. The lowest BCUT2D eigenvalue weighted by atomic mass is 9.86. The fourth-order valence-corrected chi connectivity index (χ4v) is 2.04. The third-order valence-electron chi connectivity index (χ3n) is 3.00. The molecular weight excluding hydrogens is 170 g/mol. The second kappa shape index (κ2) is 8.28. The maximum atomic E-state index is 3.57. The minimum Gasteiger partial charge on any atom is -0.314 e. The van der Waals surface area contributed by atoms with Gasteiger partial charge < -0.3 is 5.32 Å². The van der Waals surface area contributed by atoms with Gasteiger partial charge in [0.05, 0.1) is 0 Å². The highest BCUT2D eigenvalue weighted by atomic mass is 14.9. The molecule has 1 heteroatoms. The first kappa shape index (κ1) is 14.0. The van der Waals surface area contributed by atoms with Crippen LogP contribution in [-0.4, -0.2) is 12.6 Å². The Morgan fingerprint density at radius 3 is 1.93 bits per heavy atom. The lowest BCUT2D eigenvalue weighted by Crippen LogP contribution is -2.31. The molecule has 0 heterocycles. The average Bonchev–Trinajstić information content (AvgIpc) is 2.12. The number of hydrogen-bond donors (Lipinski definition) is 1. The van der Waals surface area contributed by atoms with E-state index in [-0.39, 0.29) is 0 Å². The van der Waals surface area contributed by atoms with Gasteiger partial charge in [-0.3, -0.25) is 0 Å². The molecule has 1 nitrogen and oxygen atoms in total. The van der Waals surface area contributed by atoms with Crippen LogP contribution in [0, 0.1) is 11.8 Å². The molecule has 0 aromatic heterocycles. The summed E-state index contributed by atoms with van der Waals surface area (Å²) >= 11 is 0. The molecule has 0 radical (unpaired) electrons. The summed E-state index contributed by atoms with van der Waals surface area (Å²) in [7, 11) is 0. The molecule has 0 aliphatic carbocycles. The molecule has 0 spiro atoms. The van der Waals surface area contributed by atoms with Gasteiger partial charge in [0.1, 0.15) is 0 Å². The fourth-order valence-electron chi connectivity index (χ4n) is 2.04. The molecule has 0 aromatic rings. The zero-order valence-electron chi connectivity index (χ0n) is 10.8. The van der Waals surface area contributed by atoms with E-state index >= 15 is 0 Å². The number of nitrogens with one attached hydrogen (secondary N) is 1. The Kier molecular flexibility index (Phi) is 8.26. The summed E-state index contributed by atoms with van der Waals surface area (Å²) in [5, 5.41) is 3.57. The van der Waals surface area contributed by atoms with E-state index in [1.165, 1.54) is 32.2 Å². The summed E-state index contributed by atoms with van der Waals surface area (Å²) < 4.78 is 0. The van der Waals surface area contributed by atoms with Gasteiger partial charge in [0.25, 0.3) is 0 Å². The van der Waals surface area contributed by atoms with Gasteiger partial charge in [0.2, 0.25) is 0 Å². The Morgan fingerprint density at radius 2 is 1.50 bits per heavy atom. The van der Waals surface area contributed by atoms with Crippen molar-refractivity contribution in [1.29, 1.82) is 0 Å². The van der Waals surface area contributed by atoms with E-state index in [9.17, 15) is 0 Å². The van der Waals surface area contributed by atoms with Crippen molar-refractivity contribution in [1.82, 2.24) is 5.32 Å². The Morgan fingerprint density at radius 1 is 0.929 bits per heavy atom. The summed E-state index contributed by atoms with van der Waals surface area (Å²) in [5.41, 5.74) is 0. The highest BCUT2D eigenvalue weighted by Gasteiger charge is 2.15. The monoisotopic (exact) mass is 199 g/mol. The molecule has 0 bridgehead atoms. The second-order valence-corrected chi connectivity index (χ2v) is 4.88. The van der Waals surface area contributed by atoms with Gasteiger partial charge in [0.15, 0.2) is 0 Å². The summed E-state index contributed by atoms with van der Waals surface area (Å²) in [5.74, 6) is 1.76. The van der Waals surface area contributed by atoms with Crippen LogP contribution in [0.2, 0.25) is 0 Å². The van der Waals surface area contributed by atoms with Crippen molar-refractivity contribution in [2.45, 2.75) is 66.3 Å². The van der Waals surface area contributed by atoms with Gasteiger partial charge in [-0.1, -0.05) is 53.9 Å². The largest absolute Gasteiger partial charge is 0.314 e. The Bertz CT molecular complexity index is 120. The van der Waals surface area contributed by atoms with Gasteiger partial charge >= 0.3 is 0 Å². The normalized spacial score (nSPS) is 15.9. The molecule has 0 aliphatic rings. The molecule has 0 saturated carbocycles. The molecule has 0 aliphatic heterocycles. The van der Waals surface area contributed by atoms with Crippen molar-refractivity contribution in [3.8, 4) is 0 Å². The van der Waals surface area contributed by atoms with E-state index < -0.39 is 0 Å². The minimum atomic E-state index is 0.628. The predicted octanol–water partition coefficient (Wildman–Crippen LogP) is 3.84. The van der Waals surface area contributed by atoms with Crippen LogP contribution in [0.15, 0.2) is 0 Å². The van der Waals surface area contributed by atoms with Crippen LogP contribution in [0.3, 0.4) is 0 Å². The topological polar surface area (TPSA) is 12.0 Å². The van der Waals surface area contributed by atoms with Gasteiger partial charge in [-0.05, 0) is 24.8 Å². The van der Waals surface area contributed by atoms with Gasteiger partial charge in [-0.15, -0.1) is 0 Å². The van der Waals surface area contributed by atoms with Crippen molar-refractivity contribution in [3.63, 3.8) is 0 Å². The van der Waals surface area contributed by atoms with Crippen LogP contribution in [0.25, 0.3) is 0 Å². The fraction of sp³-hybridized carbons (Fsp3) is 1.00. The lowest BCUT2D eigenvalue weighted by Gasteiger charge is -2.24. The summed E-state index contributed by atoms with van der Waals surface area (Å²) in [6.45, 7) is 12.6. The van der Waals surface area contributed by atoms with E-state index in [4.69, 9.17) is 0 Å². The Labute approximate surface area is 90.7 Å². The van der Waals surface area contributed by atoms with E-state index in [2.05, 4.69) is 39.9 Å². The van der Waals surface area contributed by atoms with Crippen LogP contribution < -0.4 is 5.32 Å². The van der Waals surface area contributed by atoms with Gasteiger partial charge in [0, 0.05) is 6.04 Å². The Hall–Kier alpha value is -0.0400. The van der Waals surface area contributed by atoms with Gasteiger partial charge in [-0.2, -0.15) is 0 Å². The quantitative estimate of drug-likeness (QED) is 0.626. The lowest BCUT2D eigenvalue weighted by molar-refractivity contribution is 0.293. The van der Waals surface area contributed by atoms with Crippen LogP contribution in [0.4, 0.5) is 0 Å². The molecule has 0 saturated heterocycles. The SMILES string of the molecule is CCCC(C)C(CCC)CNC(C)C. The van der Waals surface area contributed by atoms with E-state index in [1.54, 1.807) is 0 Å². The summed E-state index contributed by atoms with van der Waals surface area (Å²) in [6.07, 6.45) is 5.40. The highest BCUT2D eigenvalue weighted by Crippen LogP contribution is 2.21. The van der Waals surface area contributed by atoms with Crippen molar-refractivity contribution < 1.29 is 0 Å². The standard InChI is InChI=1S/C13H29N/c1-6-8-12(5)13(9-7-2)10-14-11(3)4/h11-14H,6-10H2,1-5H3. The Balaban J connectivity index is 3.86. The van der Waals surface area contributed by atoms with Crippen molar-refractivity contribution >= 4 is 0 Å². The maximum Gasteiger partial charge on any atom is 0.00104 e. The van der Waals surface area contributed by atoms with E-state index in [1.807, 2.05) is 0 Å². The third-order valence-corrected chi connectivity index (χ3v) is 3.00. The first-order chi connectivity index (χ1) is 6.61. The molecule has 0 amide bonds. The smallest absolute Gasteiger partial charge is 0.00104 e. The van der Waals surface area contributed by atoms with Crippen LogP contribution in [0.5, 0.6) is 0 Å². The number of rotatable bonds is 8. The highest BCUT2D eigenvalue weighted by molar-refractivity contribution is 4.69. The maximum absolute atomic E-state index is 3.57. The van der Waals surface area contributed by atoms with Crippen molar-refractivity contribution in [2.24, 2.45) is 11.8 Å². The first-order valence-corrected chi connectivity index (χ1v) is 6.35. The summed E-state index contributed by atoms with van der Waals surface area (Å²) in [6, 6.07) is 0.628. The van der Waals surface area contributed by atoms with Crippen molar-refractivity contribution in [2.75, 3.05) is 6.54 Å². The second-order valence-electron chi connectivity index (χ2n) is 4.88. The predicted molar refractivity (Wildman–Crippen MR) is 65.6 cm³/mol. The molecule has 0 aromatic carbocycles. The van der Waals surface area contributed by atoms with Crippen molar-refractivity contribution in [3.05, 3.63) is 0 Å². The molecule has 2 atom stereocenters. The minimum absolute atomic E-state index is 0.628. The van der Waals surface area contributed by atoms with Crippen LogP contribution in [-0.2, 0) is 0 Å². The molecule has 0 rings (SSSR count). The molecule has 1 N–H and O–H groups in total. The number of hydrogen-bond acceptors (Lipinski definition) is 1. The van der Waals surface area contributed by atoms with Crippen LogP contribution in [0.1, 0.15) is 60.3 Å². The van der Waals surface area contributed by atoms with E-state index in [0.717, 1.165) is 11.8 Å². The zero-order valence-corrected chi connectivity index (χ0v) is 10.8. The van der Waals surface area contributed by atoms with Gasteiger partial charge in [-0.25, -0.2) is 0 Å². The molecular formula is C13H29N. The first-order valence-electron chi connectivity index (χ1n) is 6.35. The average molecular weight is 199 g/mol. The third kappa shape index (κ3) is 6.42. The summed E-state index contributed by atoms with van der Waals surface area (Å²) in [4.78, 5) is 0. The molecule has 2 unspecified atom stereocenters. The molecule has 0 fully saturated rings. The van der Waals surface area contributed by atoms with Crippen LogP contribution >= 0.6 is 0 Å². The molecule has 86 valence electrons.